The van der Waals surface area contributed by atoms with Crippen LogP contribution in [-0.4, -0.2) is 28.9 Å². The average molecular weight is 443 g/mol. The van der Waals surface area contributed by atoms with Gasteiger partial charge in [0, 0.05) is 10.9 Å². The van der Waals surface area contributed by atoms with Crippen LogP contribution in [0.5, 0.6) is 0 Å². The van der Waals surface area contributed by atoms with E-state index >= 15 is 0 Å². The molecule has 2 bridgehead atoms. The number of aliphatic carboxylic acids is 1. The van der Waals surface area contributed by atoms with Crippen LogP contribution in [0.2, 0.25) is 0 Å². The van der Waals surface area contributed by atoms with Crippen molar-refractivity contribution < 1.29 is 19.5 Å². The minimum Gasteiger partial charge on any atom is -0.481 e. The monoisotopic (exact) mass is 442 g/mol. The molecule has 31 heavy (non-hydrogen) atoms. The molecule has 5 rings (SSSR count). The fraction of sp³-hybridized carbons (Fsp3) is 0.625. The van der Waals surface area contributed by atoms with Gasteiger partial charge in [-0.2, -0.15) is 0 Å². The van der Waals surface area contributed by atoms with Gasteiger partial charge in [-0.05, 0) is 61.8 Å². The molecule has 5 atom stereocenters. The lowest BCUT2D eigenvalue weighted by atomic mass is 9.82. The van der Waals surface area contributed by atoms with Crippen LogP contribution in [0, 0.1) is 29.6 Å². The van der Waals surface area contributed by atoms with Crippen molar-refractivity contribution in [3.05, 3.63) is 28.2 Å². The molecule has 2 amide bonds. The fourth-order valence-corrected chi connectivity index (χ4v) is 7.53. The molecule has 3 N–H and O–H groups in total. The number of allylic oxidation sites excluding steroid dienone is 2. The first-order valence-electron chi connectivity index (χ1n) is 11.6. The Morgan fingerprint density at radius 2 is 1.77 bits per heavy atom. The zero-order valence-electron chi connectivity index (χ0n) is 17.9. The summed E-state index contributed by atoms with van der Waals surface area (Å²) >= 11 is 1.51. The highest BCUT2D eigenvalue weighted by atomic mass is 32.1. The van der Waals surface area contributed by atoms with Gasteiger partial charge in [0.2, 0.25) is 5.91 Å². The first-order valence-corrected chi connectivity index (χ1v) is 12.4. The minimum atomic E-state index is -0.907. The Morgan fingerprint density at radius 3 is 2.48 bits per heavy atom. The maximum absolute atomic E-state index is 13.3. The zero-order chi connectivity index (χ0) is 21.7. The summed E-state index contributed by atoms with van der Waals surface area (Å²) in [5, 5.41) is 16.5. The quantitative estimate of drug-likeness (QED) is 0.601. The van der Waals surface area contributed by atoms with Crippen molar-refractivity contribution in [3.8, 4) is 0 Å². The van der Waals surface area contributed by atoms with E-state index in [4.69, 9.17) is 0 Å². The van der Waals surface area contributed by atoms with Crippen molar-refractivity contribution in [2.75, 3.05) is 5.32 Å². The summed E-state index contributed by atoms with van der Waals surface area (Å²) < 4.78 is 0. The standard InChI is InChI=1S/C24H30N2O4S/c1-12-6-9-16-17(10-12)31-23(20(16)22(28)25-15-4-2-3-5-15)26-21(27)18-13-7-8-14(11-13)19(18)24(29)30/h7-8,12-15,18-19H,2-6,9-11H2,1H3,(H,25,28)(H,26,27)(H,29,30). The number of thiophene rings is 1. The van der Waals surface area contributed by atoms with Crippen molar-refractivity contribution >= 4 is 34.1 Å². The Balaban J connectivity index is 1.43. The lowest BCUT2D eigenvalue weighted by Crippen LogP contribution is -2.37. The Morgan fingerprint density at radius 1 is 1.06 bits per heavy atom. The molecule has 5 unspecified atom stereocenters. The summed E-state index contributed by atoms with van der Waals surface area (Å²) in [5.74, 6) is -2.04. The molecule has 2 fully saturated rings. The fourth-order valence-electron chi connectivity index (χ4n) is 6.12. The molecule has 1 aromatic rings. The van der Waals surface area contributed by atoms with E-state index in [2.05, 4.69) is 17.6 Å². The van der Waals surface area contributed by atoms with E-state index in [-0.39, 0.29) is 29.7 Å². The topological polar surface area (TPSA) is 95.5 Å². The third-order valence-electron chi connectivity index (χ3n) is 7.71. The number of fused-ring (bicyclic) bond motifs is 3. The number of carbonyl (C=O) groups excluding carboxylic acids is 2. The maximum atomic E-state index is 13.3. The lowest BCUT2D eigenvalue weighted by Gasteiger charge is -2.24. The predicted octanol–water partition coefficient (Wildman–Crippen LogP) is 4.01. The molecule has 2 saturated carbocycles. The van der Waals surface area contributed by atoms with Gasteiger partial charge in [-0.3, -0.25) is 14.4 Å². The van der Waals surface area contributed by atoms with Crippen LogP contribution in [0.25, 0.3) is 0 Å². The second-order valence-corrected chi connectivity index (χ2v) is 10.9. The number of amides is 2. The lowest BCUT2D eigenvalue weighted by molar-refractivity contribution is -0.146. The number of hydrogen-bond acceptors (Lipinski definition) is 4. The molecule has 7 heteroatoms. The summed E-state index contributed by atoms with van der Waals surface area (Å²) in [4.78, 5) is 39.6. The Kier molecular flexibility index (Phi) is 5.40. The maximum Gasteiger partial charge on any atom is 0.307 e. The van der Waals surface area contributed by atoms with Crippen molar-refractivity contribution in [2.24, 2.45) is 29.6 Å². The van der Waals surface area contributed by atoms with E-state index in [1.54, 1.807) is 0 Å². The van der Waals surface area contributed by atoms with E-state index in [9.17, 15) is 19.5 Å². The largest absolute Gasteiger partial charge is 0.481 e. The second kappa shape index (κ2) is 8.08. The molecular weight excluding hydrogens is 412 g/mol. The number of carbonyl (C=O) groups is 3. The Bertz CT molecular complexity index is 946. The second-order valence-electron chi connectivity index (χ2n) is 9.84. The van der Waals surface area contributed by atoms with Crippen molar-refractivity contribution in [1.29, 1.82) is 0 Å². The van der Waals surface area contributed by atoms with Gasteiger partial charge in [-0.1, -0.05) is 31.9 Å². The SMILES string of the molecule is CC1CCc2c(sc(NC(=O)C3C4C=CC(C4)C3C(=O)O)c2C(=O)NC2CCCC2)C1. The number of carboxylic acid groups (broad SMARTS) is 1. The van der Waals surface area contributed by atoms with Crippen LogP contribution in [0.4, 0.5) is 5.00 Å². The molecule has 1 aromatic heterocycles. The molecule has 0 spiro atoms. The molecule has 4 aliphatic rings. The number of nitrogens with one attached hydrogen (secondary N) is 2. The van der Waals surface area contributed by atoms with Gasteiger partial charge in [0.1, 0.15) is 5.00 Å². The van der Waals surface area contributed by atoms with Gasteiger partial charge in [0.05, 0.1) is 17.4 Å². The molecule has 6 nitrogen and oxygen atoms in total. The van der Waals surface area contributed by atoms with Crippen molar-refractivity contribution in [1.82, 2.24) is 5.32 Å². The van der Waals surface area contributed by atoms with Crippen LogP contribution < -0.4 is 10.6 Å². The van der Waals surface area contributed by atoms with Crippen molar-refractivity contribution in [2.45, 2.75) is 64.3 Å². The highest BCUT2D eigenvalue weighted by Gasteiger charge is 2.51. The third-order valence-corrected chi connectivity index (χ3v) is 8.88. The number of rotatable bonds is 5. The Labute approximate surface area is 186 Å². The van der Waals surface area contributed by atoms with Crippen LogP contribution in [0.15, 0.2) is 12.2 Å². The summed E-state index contributed by atoms with van der Waals surface area (Å²) in [6, 6.07) is 0.209. The smallest absolute Gasteiger partial charge is 0.307 e. The minimum absolute atomic E-state index is 0.0310. The van der Waals surface area contributed by atoms with Crippen molar-refractivity contribution in [3.63, 3.8) is 0 Å². The molecule has 0 aromatic carbocycles. The van der Waals surface area contributed by atoms with E-state index in [0.717, 1.165) is 56.9 Å². The van der Waals surface area contributed by atoms with Crippen LogP contribution in [-0.2, 0) is 22.4 Å². The summed E-state index contributed by atoms with van der Waals surface area (Å²) in [6.45, 7) is 2.22. The zero-order valence-corrected chi connectivity index (χ0v) is 18.7. The van der Waals surface area contributed by atoms with Gasteiger partial charge < -0.3 is 15.7 Å². The van der Waals surface area contributed by atoms with Gasteiger partial charge in [-0.25, -0.2) is 0 Å². The van der Waals surface area contributed by atoms with Gasteiger partial charge >= 0.3 is 5.97 Å². The first kappa shape index (κ1) is 20.7. The normalized spacial score (nSPS) is 31.6. The molecule has 0 radical (unpaired) electrons. The summed E-state index contributed by atoms with van der Waals surface area (Å²) in [7, 11) is 0. The summed E-state index contributed by atoms with van der Waals surface area (Å²) in [5.41, 5.74) is 1.70. The Hall–Kier alpha value is -2.15. The van der Waals surface area contributed by atoms with E-state index in [0.29, 0.717) is 16.5 Å². The number of carboxylic acids is 1. The van der Waals surface area contributed by atoms with Crippen LogP contribution in [0.3, 0.4) is 0 Å². The van der Waals surface area contributed by atoms with Crippen LogP contribution >= 0.6 is 11.3 Å². The molecule has 0 saturated heterocycles. The average Bonchev–Trinajstić information content (AvgIpc) is 3.50. The highest BCUT2D eigenvalue weighted by Crippen LogP contribution is 2.49. The molecule has 166 valence electrons. The molecule has 0 aliphatic heterocycles. The first-order chi connectivity index (χ1) is 14.9. The summed E-state index contributed by atoms with van der Waals surface area (Å²) in [6.07, 6.45) is 11.8. The number of anilines is 1. The highest BCUT2D eigenvalue weighted by molar-refractivity contribution is 7.17. The third kappa shape index (κ3) is 3.71. The van der Waals surface area contributed by atoms with E-state index in [1.807, 2.05) is 12.2 Å². The van der Waals surface area contributed by atoms with Crippen LogP contribution in [0.1, 0.15) is 66.2 Å². The van der Waals surface area contributed by atoms with Gasteiger partial charge in [0.25, 0.3) is 5.91 Å². The van der Waals surface area contributed by atoms with E-state index in [1.165, 1.54) is 16.2 Å². The molecular formula is C24H30N2O4S. The molecule has 4 aliphatic carbocycles. The number of hydrogen-bond donors (Lipinski definition) is 3. The molecule has 1 heterocycles. The van der Waals surface area contributed by atoms with E-state index < -0.39 is 17.8 Å². The van der Waals surface area contributed by atoms with Gasteiger partial charge in [0.15, 0.2) is 0 Å². The predicted molar refractivity (Wildman–Crippen MR) is 119 cm³/mol. The van der Waals surface area contributed by atoms with Gasteiger partial charge in [-0.15, -0.1) is 11.3 Å².